The summed E-state index contributed by atoms with van der Waals surface area (Å²) < 4.78 is 7.11. The van der Waals surface area contributed by atoms with Gasteiger partial charge in [0, 0.05) is 12.4 Å². The first-order chi connectivity index (χ1) is 12.8. The van der Waals surface area contributed by atoms with Gasteiger partial charge in [-0.15, -0.1) is 0 Å². The number of fused-ring (bicyclic) bond motifs is 7. The van der Waals surface area contributed by atoms with E-state index in [2.05, 4.69) is 86.4 Å². The predicted molar refractivity (Wildman–Crippen MR) is 102 cm³/mol. The summed E-state index contributed by atoms with van der Waals surface area (Å²) in [5, 5.41) is 1.20. The summed E-state index contributed by atoms with van der Waals surface area (Å²) in [5.41, 5.74) is 7.53. The van der Waals surface area contributed by atoms with E-state index in [9.17, 15) is 0 Å². The summed E-state index contributed by atoms with van der Waals surface area (Å²) in [6, 6.07) is 21.4. The van der Waals surface area contributed by atoms with Crippen molar-refractivity contribution in [1.82, 2.24) is 14.1 Å². The van der Waals surface area contributed by atoms with Gasteiger partial charge in [0.1, 0.15) is 11.2 Å². The first kappa shape index (κ1) is 13.8. The van der Waals surface area contributed by atoms with Crippen LogP contribution in [0.3, 0.4) is 0 Å². The van der Waals surface area contributed by atoms with Gasteiger partial charge in [-0.1, -0.05) is 36.4 Å². The van der Waals surface area contributed by atoms with E-state index in [-0.39, 0.29) is 0 Å². The second-order valence-electron chi connectivity index (χ2n) is 6.86. The molecule has 0 amide bonds. The smallest absolute Gasteiger partial charge is 0.264 e. The molecule has 5 aromatic rings. The van der Waals surface area contributed by atoms with E-state index in [1.807, 2.05) is 12.4 Å². The van der Waals surface area contributed by atoms with Gasteiger partial charge in [0.15, 0.2) is 5.52 Å². The molecule has 26 heavy (non-hydrogen) atoms. The van der Waals surface area contributed by atoms with Crippen LogP contribution in [0.15, 0.2) is 73.1 Å². The Kier molecular flexibility index (Phi) is 2.57. The van der Waals surface area contributed by atoms with Crippen LogP contribution in [-0.2, 0) is 13.6 Å². The van der Waals surface area contributed by atoms with Gasteiger partial charge < -0.3 is 0 Å². The second kappa shape index (κ2) is 4.82. The lowest BCUT2D eigenvalue weighted by Crippen LogP contribution is -2.31. The van der Waals surface area contributed by atoms with Crippen LogP contribution < -0.4 is 4.57 Å². The van der Waals surface area contributed by atoms with Crippen molar-refractivity contribution >= 4 is 22.1 Å². The van der Waals surface area contributed by atoms with E-state index in [4.69, 9.17) is 0 Å². The van der Waals surface area contributed by atoms with Crippen LogP contribution in [0, 0.1) is 0 Å². The molecular formula is C22H17N4+. The molecule has 1 aliphatic rings. The van der Waals surface area contributed by atoms with Gasteiger partial charge in [0.25, 0.3) is 5.65 Å². The summed E-state index contributed by atoms with van der Waals surface area (Å²) in [4.78, 5) is 4.42. The molecule has 4 nitrogen and oxygen atoms in total. The molecule has 0 N–H and O–H groups in total. The number of benzene rings is 2. The quantitative estimate of drug-likeness (QED) is 0.419. The molecule has 0 saturated carbocycles. The maximum atomic E-state index is 4.42. The zero-order chi connectivity index (χ0) is 17.3. The van der Waals surface area contributed by atoms with Gasteiger partial charge in [0.05, 0.1) is 24.5 Å². The van der Waals surface area contributed by atoms with Crippen LogP contribution in [0.25, 0.3) is 39.1 Å². The largest absolute Gasteiger partial charge is 0.274 e. The Bertz CT molecular complexity index is 1310. The van der Waals surface area contributed by atoms with Crippen LogP contribution in [0.5, 0.6) is 0 Å². The van der Waals surface area contributed by atoms with Crippen molar-refractivity contribution in [3.63, 3.8) is 0 Å². The average Bonchev–Trinajstić information content (AvgIpc) is 3.31. The normalized spacial score (nSPS) is 12.7. The summed E-state index contributed by atoms with van der Waals surface area (Å²) in [5.74, 6) is 1.26. The maximum absolute atomic E-state index is 4.42. The summed E-state index contributed by atoms with van der Waals surface area (Å²) >= 11 is 0. The van der Waals surface area contributed by atoms with Crippen LogP contribution in [0.4, 0.5) is 0 Å². The molecule has 0 unspecified atom stereocenters. The molecule has 0 aliphatic carbocycles. The van der Waals surface area contributed by atoms with Crippen molar-refractivity contribution in [2.24, 2.45) is 7.05 Å². The standard InChI is InChI=1S/C22H17N4/c1-24-21-17-10-6-5-7-15(17)14-25(21)20-18-13-23-12-11-19(18)26(22(20)24)16-8-3-2-4-9-16/h2-13H,14H2,1H3/q+1. The zero-order valence-electron chi connectivity index (χ0n) is 14.4. The van der Waals surface area contributed by atoms with E-state index in [1.165, 1.54) is 44.7 Å². The molecule has 4 heteroatoms. The Morgan fingerprint density at radius 3 is 2.65 bits per heavy atom. The average molecular weight is 337 g/mol. The third-order valence-corrected chi connectivity index (χ3v) is 5.48. The predicted octanol–water partition coefficient (Wildman–Crippen LogP) is 3.83. The topological polar surface area (TPSA) is 26.6 Å². The minimum atomic E-state index is 0.908. The third-order valence-electron chi connectivity index (χ3n) is 5.48. The third kappa shape index (κ3) is 1.59. The molecule has 2 aromatic carbocycles. The van der Waals surface area contributed by atoms with Crippen molar-refractivity contribution in [2.75, 3.05) is 0 Å². The molecule has 0 saturated heterocycles. The zero-order valence-corrected chi connectivity index (χ0v) is 14.4. The summed E-state index contributed by atoms with van der Waals surface area (Å²) in [6.07, 6.45) is 3.87. The molecular weight excluding hydrogens is 320 g/mol. The van der Waals surface area contributed by atoms with Crippen molar-refractivity contribution in [3.8, 4) is 17.1 Å². The fourth-order valence-corrected chi connectivity index (χ4v) is 4.43. The van der Waals surface area contributed by atoms with Gasteiger partial charge in [0.2, 0.25) is 5.82 Å². The molecule has 0 radical (unpaired) electrons. The van der Waals surface area contributed by atoms with Crippen molar-refractivity contribution in [1.29, 1.82) is 0 Å². The van der Waals surface area contributed by atoms with Gasteiger partial charge in [-0.25, -0.2) is 13.7 Å². The minimum absolute atomic E-state index is 0.908. The Balaban J connectivity index is 1.83. The molecule has 0 fully saturated rings. The first-order valence-electron chi connectivity index (χ1n) is 8.85. The highest BCUT2D eigenvalue weighted by molar-refractivity contribution is 6.05. The Hall–Kier alpha value is -3.40. The minimum Gasteiger partial charge on any atom is -0.264 e. The maximum Gasteiger partial charge on any atom is 0.274 e. The fraction of sp³-hybridized carbons (Fsp3) is 0.0909. The van der Waals surface area contributed by atoms with E-state index < -0.39 is 0 Å². The number of hydrogen-bond acceptors (Lipinski definition) is 1. The van der Waals surface area contributed by atoms with Crippen molar-refractivity contribution < 1.29 is 4.57 Å². The van der Waals surface area contributed by atoms with E-state index in [1.54, 1.807) is 0 Å². The van der Waals surface area contributed by atoms with E-state index in [0.29, 0.717) is 0 Å². The molecule has 6 rings (SSSR count). The summed E-state index contributed by atoms with van der Waals surface area (Å²) in [7, 11) is 2.17. The number of rotatable bonds is 1. The molecule has 0 atom stereocenters. The molecule has 3 aromatic heterocycles. The first-order valence-corrected chi connectivity index (χ1v) is 8.85. The highest BCUT2D eigenvalue weighted by Gasteiger charge is 2.35. The number of nitrogens with zero attached hydrogens (tertiary/aromatic N) is 4. The Labute approximate surface area is 150 Å². The molecule has 0 spiro atoms. The fourth-order valence-electron chi connectivity index (χ4n) is 4.43. The van der Waals surface area contributed by atoms with Crippen molar-refractivity contribution in [3.05, 3.63) is 78.6 Å². The molecule has 1 aliphatic heterocycles. The monoisotopic (exact) mass is 337 g/mol. The van der Waals surface area contributed by atoms with Gasteiger partial charge in [-0.2, -0.15) is 0 Å². The SMILES string of the molecule is C[n+]1c2n(c3c4cnccc4n(-c4ccccc4)c31)Cc1ccccc1-2. The van der Waals surface area contributed by atoms with E-state index in [0.717, 1.165) is 6.54 Å². The number of imidazole rings is 1. The van der Waals surface area contributed by atoms with Gasteiger partial charge >= 0.3 is 0 Å². The second-order valence-corrected chi connectivity index (χ2v) is 6.86. The van der Waals surface area contributed by atoms with Gasteiger partial charge in [-0.05, 0) is 29.8 Å². The molecule has 0 bridgehead atoms. The highest BCUT2D eigenvalue weighted by Crippen LogP contribution is 2.38. The van der Waals surface area contributed by atoms with Crippen LogP contribution in [0.2, 0.25) is 0 Å². The number of hydrogen-bond donors (Lipinski definition) is 0. The number of aryl methyl sites for hydroxylation is 1. The lowest BCUT2D eigenvalue weighted by atomic mass is 10.1. The Morgan fingerprint density at radius 1 is 0.962 bits per heavy atom. The molecule has 4 heterocycles. The van der Waals surface area contributed by atoms with Crippen LogP contribution in [0.1, 0.15) is 5.56 Å². The van der Waals surface area contributed by atoms with E-state index >= 15 is 0 Å². The van der Waals surface area contributed by atoms with Crippen LogP contribution in [-0.4, -0.2) is 14.1 Å². The Morgan fingerprint density at radius 2 is 1.77 bits per heavy atom. The summed E-state index contributed by atoms with van der Waals surface area (Å²) in [6.45, 7) is 0.908. The van der Waals surface area contributed by atoms with Crippen LogP contribution >= 0.6 is 0 Å². The number of aromatic nitrogens is 4. The molecule has 124 valence electrons. The highest BCUT2D eigenvalue weighted by atomic mass is 15.2. The lowest BCUT2D eigenvalue weighted by molar-refractivity contribution is -0.636. The number of para-hydroxylation sites is 1. The van der Waals surface area contributed by atoms with Gasteiger partial charge in [-0.3, -0.25) is 4.98 Å². The van der Waals surface area contributed by atoms with Crippen molar-refractivity contribution in [2.45, 2.75) is 6.54 Å². The number of pyridine rings is 1. The lowest BCUT2D eigenvalue weighted by Gasteiger charge is -2.03.